The number of hydrogen-bond donors (Lipinski definition) is 0. The molecule has 2 aliphatic carbocycles. The van der Waals surface area contributed by atoms with Crippen molar-refractivity contribution in [2.45, 2.75) is 56.3 Å². The molecule has 2 saturated carbocycles. The summed E-state index contributed by atoms with van der Waals surface area (Å²) in [5.41, 5.74) is 2.52. The number of pyridine rings is 1. The lowest BCUT2D eigenvalue weighted by Crippen LogP contribution is -2.42. The van der Waals surface area contributed by atoms with E-state index in [2.05, 4.69) is 81.8 Å². The summed E-state index contributed by atoms with van der Waals surface area (Å²) in [4.78, 5) is 0. The highest BCUT2D eigenvalue weighted by atomic mass is 127. The van der Waals surface area contributed by atoms with E-state index in [1.165, 1.54) is 31.2 Å². The Morgan fingerprint density at radius 3 is 2.76 bits per heavy atom. The van der Waals surface area contributed by atoms with E-state index >= 15 is 0 Å². The average Bonchev–Trinajstić information content (AvgIpc) is 3.36. The monoisotopic (exact) mass is 517 g/mol. The van der Waals surface area contributed by atoms with Crippen LogP contribution in [0.5, 0.6) is 5.75 Å². The first kappa shape index (κ1) is 18.0. The van der Waals surface area contributed by atoms with Crippen molar-refractivity contribution in [2.75, 3.05) is 6.61 Å². The Morgan fingerprint density at radius 1 is 1.28 bits per heavy atom. The molecule has 0 spiro atoms. The van der Waals surface area contributed by atoms with Gasteiger partial charge in [0.1, 0.15) is 5.75 Å². The molecule has 0 amide bonds. The van der Waals surface area contributed by atoms with Crippen LogP contribution < -0.4 is 4.74 Å². The van der Waals surface area contributed by atoms with E-state index in [0.717, 1.165) is 26.7 Å². The molecule has 0 aromatic carbocycles. The first-order valence-electron chi connectivity index (χ1n) is 9.19. The van der Waals surface area contributed by atoms with Gasteiger partial charge in [0, 0.05) is 21.8 Å². The maximum Gasteiger partial charge on any atom is 0.204 e. The van der Waals surface area contributed by atoms with Gasteiger partial charge in [0.15, 0.2) is 5.65 Å². The summed E-state index contributed by atoms with van der Waals surface area (Å²) in [6.45, 7) is 8.03. The Labute approximate surface area is 171 Å². The number of rotatable bonds is 4. The van der Waals surface area contributed by atoms with Gasteiger partial charge in [-0.2, -0.15) is 0 Å². The number of halogens is 2. The zero-order valence-electron chi connectivity index (χ0n) is 15.0. The topological polar surface area (TPSA) is 39.4 Å². The normalized spacial score (nSPS) is 29.1. The molecule has 0 N–H and O–H groups in total. The van der Waals surface area contributed by atoms with E-state index in [0.29, 0.717) is 23.2 Å². The first-order chi connectivity index (χ1) is 11.9. The number of hydrogen-bond acceptors (Lipinski definition) is 3. The van der Waals surface area contributed by atoms with Gasteiger partial charge in [-0.25, -0.2) is 0 Å². The van der Waals surface area contributed by atoms with Gasteiger partial charge in [-0.3, -0.25) is 4.40 Å². The molecule has 0 radical (unpaired) electrons. The van der Waals surface area contributed by atoms with Crippen LogP contribution in [0.3, 0.4) is 0 Å². The fourth-order valence-electron chi connectivity index (χ4n) is 4.03. The highest BCUT2D eigenvalue weighted by Crippen LogP contribution is 2.48. The van der Waals surface area contributed by atoms with Crippen molar-refractivity contribution in [3.63, 3.8) is 0 Å². The minimum atomic E-state index is 0.369. The second kappa shape index (κ2) is 6.66. The summed E-state index contributed by atoms with van der Waals surface area (Å²) >= 11 is 6.11. The van der Waals surface area contributed by atoms with Crippen LogP contribution in [0.1, 0.15) is 57.9 Å². The minimum Gasteiger partial charge on any atom is -0.493 e. The number of aromatic nitrogens is 3. The van der Waals surface area contributed by atoms with Crippen LogP contribution in [0.15, 0.2) is 17.0 Å². The van der Waals surface area contributed by atoms with Crippen LogP contribution in [-0.2, 0) is 0 Å². The van der Waals surface area contributed by atoms with Gasteiger partial charge in [0.25, 0.3) is 0 Å². The molecule has 25 heavy (non-hydrogen) atoms. The summed E-state index contributed by atoms with van der Waals surface area (Å²) in [5, 5.41) is 8.35. The lowest BCUT2D eigenvalue weighted by Gasteiger charge is -2.45. The molecule has 3 atom stereocenters. The van der Waals surface area contributed by atoms with Gasteiger partial charge >= 0.3 is 0 Å². The molecular formula is C19H25BrIN3O. The summed E-state index contributed by atoms with van der Waals surface area (Å²) in [7, 11) is 0. The van der Waals surface area contributed by atoms with Gasteiger partial charge in [-0.15, -0.1) is 10.2 Å². The number of alkyl halides is 1. The number of ether oxygens (including phenoxy) is 1. The van der Waals surface area contributed by atoms with E-state index < -0.39 is 0 Å². The zero-order chi connectivity index (χ0) is 17.8. The van der Waals surface area contributed by atoms with E-state index in [1.54, 1.807) is 0 Å². The molecule has 2 aromatic heterocycles. The standard InChI is InChI=1S/C19H25BrIN3O/c1-11-13(6-7-16(21)19(11,2)3)10-25-15-8-17-22-23-18(20)24(17)9-14(15)12-4-5-12/h8-9,11-13,16H,4-7,10H2,1-3H3/t11-,13+,16+/m0/s1. The zero-order valence-corrected chi connectivity index (χ0v) is 18.7. The first-order valence-corrected chi connectivity index (χ1v) is 11.2. The van der Waals surface area contributed by atoms with Crippen molar-refractivity contribution in [1.82, 2.24) is 14.6 Å². The van der Waals surface area contributed by atoms with Crippen LogP contribution >= 0.6 is 38.5 Å². The number of nitrogens with zero attached hydrogens (tertiary/aromatic N) is 3. The number of fused-ring (bicyclic) bond motifs is 1. The molecule has 2 heterocycles. The molecular weight excluding hydrogens is 493 g/mol. The van der Waals surface area contributed by atoms with E-state index in [9.17, 15) is 0 Å². The van der Waals surface area contributed by atoms with Crippen LogP contribution in [0, 0.1) is 17.3 Å². The molecule has 0 unspecified atom stereocenters. The Balaban J connectivity index is 1.55. The van der Waals surface area contributed by atoms with Gasteiger partial charge < -0.3 is 4.74 Å². The molecule has 4 nitrogen and oxygen atoms in total. The Hall–Kier alpha value is -0.370. The molecule has 0 bridgehead atoms. The van der Waals surface area contributed by atoms with Crippen LogP contribution in [0.2, 0.25) is 0 Å². The van der Waals surface area contributed by atoms with Gasteiger partial charge in [0.05, 0.1) is 6.61 Å². The third-order valence-electron chi connectivity index (χ3n) is 6.44. The fraction of sp³-hybridized carbons (Fsp3) is 0.684. The highest BCUT2D eigenvalue weighted by Gasteiger charge is 2.42. The van der Waals surface area contributed by atoms with Gasteiger partial charge in [-0.1, -0.05) is 43.4 Å². The predicted molar refractivity (Wildman–Crippen MR) is 112 cm³/mol. The molecule has 2 fully saturated rings. The molecule has 0 aliphatic heterocycles. The lowest BCUT2D eigenvalue weighted by atomic mass is 9.65. The largest absolute Gasteiger partial charge is 0.493 e. The van der Waals surface area contributed by atoms with Crippen molar-refractivity contribution < 1.29 is 4.74 Å². The van der Waals surface area contributed by atoms with Crippen molar-refractivity contribution in [2.24, 2.45) is 17.3 Å². The van der Waals surface area contributed by atoms with E-state index in [1.807, 2.05) is 4.40 Å². The Kier molecular flexibility index (Phi) is 4.80. The SMILES string of the molecule is C[C@H]1[C@@H](COc2cc3nnc(Br)n3cc2C2CC2)CC[C@@H](I)C1(C)C. The molecule has 2 aromatic rings. The highest BCUT2D eigenvalue weighted by molar-refractivity contribution is 14.1. The second-order valence-electron chi connectivity index (χ2n) is 8.29. The van der Waals surface area contributed by atoms with Crippen LogP contribution in [0.25, 0.3) is 5.65 Å². The maximum absolute atomic E-state index is 6.40. The van der Waals surface area contributed by atoms with Gasteiger partial charge in [-0.05, 0) is 64.8 Å². The molecule has 6 heteroatoms. The summed E-state index contributed by atoms with van der Waals surface area (Å²) in [6.07, 6.45) is 7.21. The van der Waals surface area contributed by atoms with Crippen molar-refractivity contribution >= 4 is 44.2 Å². The summed E-state index contributed by atoms with van der Waals surface area (Å²) in [5.74, 6) is 2.93. The molecule has 4 rings (SSSR count). The fourth-order valence-corrected chi connectivity index (χ4v) is 5.32. The van der Waals surface area contributed by atoms with Crippen molar-refractivity contribution in [1.29, 1.82) is 0 Å². The van der Waals surface area contributed by atoms with Crippen molar-refractivity contribution in [3.05, 3.63) is 22.6 Å². The predicted octanol–water partition coefficient (Wildman–Crippen LogP) is 5.62. The second-order valence-corrected chi connectivity index (χ2v) is 10.5. The average molecular weight is 518 g/mol. The summed E-state index contributed by atoms with van der Waals surface area (Å²) < 4.78 is 9.91. The molecule has 2 aliphatic rings. The smallest absolute Gasteiger partial charge is 0.204 e. The summed E-state index contributed by atoms with van der Waals surface area (Å²) in [6, 6.07) is 2.06. The van der Waals surface area contributed by atoms with Crippen molar-refractivity contribution in [3.8, 4) is 5.75 Å². The quantitative estimate of drug-likeness (QED) is 0.390. The van der Waals surface area contributed by atoms with Gasteiger partial charge in [0.2, 0.25) is 4.73 Å². The lowest BCUT2D eigenvalue weighted by molar-refractivity contribution is 0.0670. The van der Waals surface area contributed by atoms with E-state index in [4.69, 9.17) is 4.74 Å². The van der Waals surface area contributed by atoms with Crippen LogP contribution in [-0.4, -0.2) is 25.1 Å². The van der Waals surface area contributed by atoms with E-state index in [-0.39, 0.29) is 0 Å². The Bertz CT molecular complexity index is 786. The maximum atomic E-state index is 6.40. The minimum absolute atomic E-state index is 0.369. The third-order valence-corrected chi connectivity index (χ3v) is 9.21. The third kappa shape index (κ3) is 3.33. The van der Waals surface area contributed by atoms with Crippen LogP contribution in [0.4, 0.5) is 0 Å². The Morgan fingerprint density at radius 2 is 2.04 bits per heavy atom. The molecule has 0 saturated heterocycles. The molecule has 136 valence electrons.